The van der Waals surface area contributed by atoms with Gasteiger partial charge in [-0.25, -0.2) is 4.79 Å². The molecule has 0 saturated carbocycles. The third kappa shape index (κ3) is 4.06. The van der Waals surface area contributed by atoms with Crippen molar-refractivity contribution in [1.29, 1.82) is 5.26 Å². The van der Waals surface area contributed by atoms with E-state index < -0.39 is 17.6 Å². The van der Waals surface area contributed by atoms with Crippen LogP contribution in [0.3, 0.4) is 0 Å². The topological polar surface area (TPSA) is 115 Å². The SMILES string of the molecule is CCCNC(=O)NC(=O)/C(C#N)=N/O. The van der Waals surface area contributed by atoms with Crippen molar-refractivity contribution in [3.8, 4) is 6.07 Å². The van der Waals surface area contributed by atoms with Gasteiger partial charge in [0.15, 0.2) is 0 Å². The number of nitrogens with one attached hydrogen (secondary N) is 2. The van der Waals surface area contributed by atoms with Gasteiger partial charge in [0.05, 0.1) is 0 Å². The molecule has 0 unspecified atom stereocenters. The lowest BCUT2D eigenvalue weighted by atomic mass is 10.4. The molecular weight excluding hydrogens is 188 g/mol. The highest BCUT2D eigenvalue weighted by Gasteiger charge is 2.13. The molecule has 0 atom stereocenters. The summed E-state index contributed by atoms with van der Waals surface area (Å²) in [5.41, 5.74) is -0.767. The maximum atomic E-state index is 10.9. The van der Waals surface area contributed by atoms with Crippen LogP contribution in [0.5, 0.6) is 0 Å². The molecule has 7 heteroatoms. The Kier molecular flexibility index (Phi) is 5.46. The van der Waals surface area contributed by atoms with Crippen molar-refractivity contribution >= 4 is 17.6 Å². The van der Waals surface area contributed by atoms with Gasteiger partial charge in [0.25, 0.3) is 5.91 Å². The van der Waals surface area contributed by atoms with E-state index in [2.05, 4.69) is 10.5 Å². The minimum atomic E-state index is -1.04. The number of carbonyl (C=O) groups excluding carboxylic acids is 2. The van der Waals surface area contributed by atoms with Crippen molar-refractivity contribution in [3.63, 3.8) is 0 Å². The highest BCUT2D eigenvalue weighted by Crippen LogP contribution is 1.77. The molecule has 0 aromatic heterocycles. The van der Waals surface area contributed by atoms with E-state index in [1.54, 1.807) is 0 Å². The second-order valence-corrected chi connectivity index (χ2v) is 2.27. The largest absolute Gasteiger partial charge is 0.410 e. The lowest BCUT2D eigenvalue weighted by Gasteiger charge is -2.02. The Balaban J connectivity index is 4.08. The normalized spacial score (nSPS) is 10.1. The fourth-order valence-electron chi connectivity index (χ4n) is 0.564. The van der Waals surface area contributed by atoms with Crippen LogP contribution < -0.4 is 10.6 Å². The number of imide groups is 1. The number of hydrogen-bond acceptors (Lipinski definition) is 5. The predicted octanol–water partition coefficient (Wildman–Crippen LogP) is -0.424. The van der Waals surface area contributed by atoms with Crippen molar-refractivity contribution in [3.05, 3.63) is 0 Å². The summed E-state index contributed by atoms with van der Waals surface area (Å²) in [5.74, 6) is -1.04. The molecule has 0 aliphatic carbocycles. The monoisotopic (exact) mass is 198 g/mol. The summed E-state index contributed by atoms with van der Waals surface area (Å²) in [6.07, 6.45) is 0.723. The Bertz CT molecular complexity index is 292. The summed E-state index contributed by atoms with van der Waals surface area (Å²) >= 11 is 0. The standard InChI is InChI=1S/C7H10N4O3/c1-2-3-9-7(13)10-6(12)5(4-8)11-14/h14H,2-3H2,1H3,(H2,9,10,12,13)/b11-5+. The molecule has 0 heterocycles. The number of amides is 3. The Labute approximate surface area is 80.4 Å². The maximum absolute atomic E-state index is 10.9. The molecule has 0 fully saturated rings. The van der Waals surface area contributed by atoms with Crippen LogP contribution >= 0.6 is 0 Å². The number of rotatable bonds is 3. The van der Waals surface area contributed by atoms with E-state index in [1.165, 1.54) is 6.07 Å². The number of oxime groups is 1. The molecule has 0 bridgehead atoms. The molecule has 7 nitrogen and oxygen atoms in total. The molecule has 0 aromatic carbocycles. The van der Waals surface area contributed by atoms with Crippen LogP contribution in [0.15, 0.2) is 5.16 Å². The summed E-state index contributed by atoms with van der Waals surface area (Å²) in [4.78, 5) is 21.8. The second kappa shape index (κ2) is 6.42. The molecule has 0 saturated heterocycles. The molecule has 3 amide bonds. The quantitative estimate of drug-likeness (QED) is 0.324. The highest BCUT2D eigenvalue weighted by atomic mass is 16.4. The molecule has 0 aliphatic heterocycles. The Hall–Kier alpha value is -2.10. The van der Waals surface area contributed by atoms with E-state index >= 15 is 0 Å². The van der Waals surface area contributed by atoms with E-state index in [0.717, 1.165) is 6.42 Å². The summed E-state index contributed by atoms with van der Waals surface area (Å²) in [6, 6.07) is 0.592. The Morgan fingerprint density at radius 1 is 1.57 bits per heavy atom. The lowest BCUT2D eigenvalue weighted by Crippen LogP contribution is -2.42. The molecule has 0 rings (SSSR count). The average Bonchev–Trinajstić information content (AvgIpc) is 2.16. The van der Waals surface area contributed by atoms with Crippen molar-refractivity contribution in [2.45, 2.75) is 13.3 Å². The molecular formula is C7H10N4O3. The van der Waals surface area contributed by atoms with Crippen molar-refractivity contribution < 1.29 is 14.8 Å². The van der Waals surface area contributed by atoms with Crippen LogP contribution in [0.1, 0.15) is 13.3 Å². The summed E-state index contributed by atoms with van der Waals surface area (Å²) in [7, 11) is 0. The zero-order valence-electron chi connectivity index (χ0n) is 7.57. The Morgan fingerprint density at radius 3 is 2.64 bits per heavy atom. The first-order chi connectivity index (χ1) is 6.65. The first-order valence-electron chi connectivity index (χ1n) is 3.87. The van der Waals surface area contributed by atoms with Crippen LogP contribution in [0, 0.1) is 11.3 Å². The lowest BCUT2D eigenvalue weighted by molar-refractivity contribution is -0.113. The van der Waals surface area contributed by atoms with Crippen LogP contribution in [0.25, 0.3) is 0 Å². The zero-order chi connectivity index (χ0) is 11.0. The number of carbonyl (C=O) groups is 2. The molecule has 76 valence electrons. The van der Waals surface area contributed by atoms with Gasteiger partial charge >= 0.3 is 6.03 Å². The van der Waals surface area contributed by atoms with Gasteiger partial charge in [0.2, 0.25) is 5.71 Å². The van der Waals surface area contributed by atoms with E-state index in [0.29, 0.717) is 6.54 Å². The van der Waals surface area contributed by atoms with Crippen LogP contribution in [0.2, 0.25) is 0 Å². The number of hydrogen-bond donors (Lipinski definition) is 3. The molecule has 0 aliphatic rings. The van der Waals surface area contributed by atoms with Gasteiger partial charge in [-0.1, -0.05) is 12.1 Å². The number of nitrogens with zero attached hydrogens (tertiary/aromatic N) is 2. The van der Waals surface area contributed by atoms with Crippen molar-refractivity contribution in [2.24, 2.45) is 5.16 Å². The first kappa shape index (κ1) is 11.9. The third-order valence-corrected chi connectivity index (χ3v) is 1.18. The summed E-state index contributed by atoms with van der Waals surface area (Å²) in [5, 5.41) is 23.0. The number of urea groups is 1. The predicted molar refractivity (Wildman–Crippen MR) is 46.7 cm³/mol. The van der Waals surface area contributed by atoms with Crippen molar-refractivity contribution in [2.75, 3.05) is 6.54 Å². The highest BCUT2D eigenvalue weighted by molar-refractivity contribution is 6.46. The third-order valence-electron chi connectivity index (χ3n) is 1.18. The molecule has 3 N–H and O–H groups in total. The van der Waals surface area contributed by atoms with Crippen molar-refractivity contribution in [1.82, 2.24) is 10.6 Å². The van der Waals surface area contributed by atoms with Gasteiger partial charge in [-0.3, -0.25) is 10.1 Å². The average molecular weight is 198 g/mol. The summed E-state index contributed by atoms with van der Waals surface area (Å²) < 4.78 is 0. The molecule has 0 aromatic rings. The molecule has 14 heavy (non-hydrogen) atoms. The minimum absolute atomic E-state index is 0.414. The first-order valence-corrected chi connectivity index (χ1v) is 3.87. The molecule has 0 spiro atoms. The van der Waals surface area contributed by atoms with E-state index in [-0.39, 0.29) is 0 Å². The number of nitriles is 1. The van der Waals surface area contributed by atoms with Gasteiger partial charge in [-0.15, -0.1) is 0 Å². The van der Waals surface area contributed by atoms with Crippen LogP contribution in [0.4, 0.5) is 4.79 Å². The molecule has 0 radical (unpaired) electrons. The van der Waals surface area contributed by atoms with Gasteiger partial charge in [-0.05, 0) is 6.42 Å². The summed E-state index contributed by atoms with van der Waals surface area (Å²) in [6.45, 7) is 2.26. The van der Waals surface area contributed by atoms with Gasteiger partial charge in [-0.2, -0.15) is 5.26 Å². The maximum Gasteiger partial charge on any atom is 0.321 e. The second-order valence-electron chi connectivity index (χ2n) is 2.27. The van der Waals surface area contributed by atoms with Crippen LogP contribution in [-0.2, 0) is 4.79 Å². The zero-order valence-corrected chi connectivity index (χ0v) is 7.57. The van der Waals surface area contributed by atoms with E-state index in [1.807, 2.05) is 12.2 Å². The minimum Gasteiger partial charge on any atom is -0.410 e. The van der Waals surface area contributed by atoms with E-state index in [4.69, 9.17) is 10.5 Å². The van der Waals surface area contributed by atoms with Gasteiger partial charge in [0.1, 0.15) is 6.07 Å². The Morgan fingerprint density at radius 2 is 2.21 bits per heavy atom. The smallest absolute Gasteiger partial charge is 0.321 e. The van der Waals surface area contributed by atoms with Gasteiger partial charge < -0.3 is 10.5 Å². The van der Waals surface area contributed by atoms with Crippen LogP contribution in [-0.4, -0.2) is 29.4 Å². The fourth-order valence-corrected chi connectivity index (χ4v) is 0.564. The van der Waals surface area contributed by atoms with Gasteiger partial charge in [0, 0.05) is 6.54 Å². The fraction of sp³-hybridized carbons (Fsp3) is 0.429. The van der Waals surface area contributed by atoms with E-state index in [9.17, 15) is 9.59 Å².